The van der Waals surface area contributed by atoms with Gasteiger partial charge in [0.25, 0.3) is 5.91 Å². The van der Waals surface area contributed by atoms with E-state index in [4.69, 9.17) is 4.74 Å². The van der Waals surface area contributed by atoms with Gasteiger partial charge in [0.15, 0.2) is 12.4 Å². The van der Waals surface area contributed by atoms with Crippen LogP contribution in [0.2, 0.25) is 0 Å². The van der Waals surface area contributed by atoms with Crippen LogP contribution >= 0.6 is 0 Å². The van der Waals surface area contributed by atoms with Crippen molar-refractivity contribution in [2.45, 2.75) is 39.2 Å². The lowest BCUT2D eigenvalue weighted by Gasteiger charge is -2.33. The van der Waals surface area contributed by atoms with Crippen molar-refractivity contribution in [2.24, 2.45) is 0 Å². The van der Waals surface area contributed by atoms with Gasteiger partial charge in [-0.1, -0.05) is 0 Å². The zero-order valence-corrected chi connectivity index (χ0v) is 12.4. The minimum Gasteiger partial charge on any atom is -0.483 e. The molecule has 0 aromatic heterocycles. The van der Waals surface area contributed by atoms with Gasteiger partial charge in [-0.25, -0.2) is 4.39 Å². The predicted octanol–water partition coefficient (Wildman–Crippen LogP) is 2.81. The van der Waals surface area contributed by atoms with Gasteiger partial charge in [0, 0.05) is 18.7 Å². The molecule has 2 rings (SSSR count). The molecular weight excluding hydrogens is 273 g/mol. The fourth-order valence-electron chi connectivity index (χ4n) is 2.60. The molecule has 1 saturated heterocycles. The lowest BCUT2D eigenvalue weighted by atomic mass is 10.0. The molecule has 21 heavy (non-hydrogen) atoms. The van der Waals surface area contributed by atoms with Gasteiger partial charge >= 0.3 is 0 Å². The van der Waals surface area contributed by atoms with Crippen molar-refractivity contribution in [1.82, 2.24) is 4.90 Å². The Bertz CT molecular complexity index is 544. The molecule has 5 heteroatoms. The van der Waals surface area contributed by atoms with Crippen molar-refractivity contribution in [3.8, 4) is 5.75 Å². The molecule has 0 bridgehead atoms. The van der Waals surface area contributed by atoms with Crippen molar-refractivity contribution in [1.29, 1.82) is 0 Å². The second-order valence-electron chi connectivity index (χ2n) is 5.42. The third-order valence-electron chi connectivity index (χ3n) is 3.80. The molecule has 1 aliphatic rings. The Hall–Kier alpha value is -1.91. The molecule has 114 valence electrons. The zero-order valence-electron chi connectivity index (χ0n) is 12.4. The minimum absolute atomic E-state index is 0.124. The number of halogens is 1. The maximum atomic E-state index is 13.3. The fraction of sp³-hybridized carbons (Fsp3) is 0.500. The van der Waals surface area contributed by atoms with Crippen LogP contribution in [0.5, 0.6) is 5.75 Å². The Morgan fingerprint density at radius 3 is 2.81 bits per heavy atom. The van der Waals surface area contributed by atoms with Gasteiger partial charge in [-0.3, -0.25) is 9.59 Å². The van der Waals surface area contributed by atoms with E-state index in [1.807, 2.05) is 6.92 Å². The van der Waals surface area contributed by atoms with Gasteiger partial charge in [0.1, 0.15) is 11.6 Å². The second-order valence-corrected chi connectivity index (χ2v) is 5.42. The first-order valence-corrected chi connectivity index (χ1v) is 7.22. The number of ketones is 1. The number of hydrogen-bond acceptors (Lipinski definition) is 3. The highest BCUT2D eigenvalue weighted by Crippen LogP contribution is 2.21. The van der Waals surface area contributed by atoms with E-state index in [1.54, 1.807) is 4.90 Å². The average Bonchev–Trinajstić information content (AvgIpc) is 2.45. The van der Waals surface area contributed by atoms with Crippen molar-refractivity contribution >= 4 is 11.7 Å². The van der Waals surface area contributed by atoms with Gasteiger partial charge in [0.2, 0.25) is 0 Å². The normalized spacial score (nSPS) is 18.4. The SMILES string of the molecule is CC(=O)c1ccc(F)cc1OCC(=O)N1CCCC[C@@H]1C. The first-order valence-electron chi connectivity index (χ1n) is 7.22. The van der Waals surface area contributed by atoms with Crippen molar-refractivity contribution in [3.63, 3.8) is 0 Å². The molecule has 4 nitrogen and oxygen atoms in total. The summed E-state index contributed by atoms with van der Waals surface area (Å²) in [5, 5.41) is 0. The average molecular weight is 293 g/mol. The molecule has 1 aliphatic heterocycles. The van der Waals surface area contributed by atoms with Gasteiger partial charge in [-0.2, -0.15) is 0 Å². The van der Waals surface area contributed by atoms with E-state index in [0.29, 0.717) is 0 Å². The summed E-state index contributed by atoms with van der Waals surface area (Å²) in [5.41, 5.74) is 0.288. The van der Waals surface area contributed by atoms with E-state index in [2.05, 4.69) is 0 Å². The van der Waals surface area contributed by atoms with Crippen LogP contribution in [-0.2, 0) is 4.79 Å². The highest BCUT2D eigenvalue weighted by molar-refractivity contribution is 5.96. The molecule has 1 fully saturated rings. The number of carbonyl (C=O) groups is 2. The van der Waals surface area contributed by atoms with Crippen LogP contribution in [-0.4, -0.2) is 35.8 Å². The van der Waals surface area contributed by atoms with E-state index < -0.39 is 5.82 Å². The third kappa shape index (κ3) is 3.80. The number of amides is 1. The number of hydrogen-bond donors (Lipinski definition) is 0. The highest BCUT2D eigenvalue weighted by atomic mass is 19.1. The Morgan fingerprint density at radius 2 is 2.14 bits per heavy atom. The Balaban J connectivity index is 2.04. The number of carbonyl (C=O) groups excluding carboxylic acids is 2. The quantitative estimate of drug-likeness (QED) is 0.802. The number of rotatable bonds is 4. The molecule has 1 aromatic rings. The van der Waals surface area contributed by atoms with E-state index in [9.17, 15) is 14.0 Å². The maximum Gasteiger partial charge on any atom is 0.260 e. The van der Waals surface area contributed by atoms with Gasteiger partial charge in [-0.05, 0) is 45.2 Å². The first kappa shape index (κ1) is 15.5. The third-order valence-corrected chi connectivity index (χ3v) is 3.80. The predicted molar refractivity (Wildman–Crippen MR) is 76.9 cm³/mol. The van der Waals surface area contributed by atoms with Crippen molar-refractivity contribution in [3.05, 3.63) is 29.6 Å². The Kier molecular flexibility index (Phi) is 4.94. The van der Waals surface area contributed by atoms with Gasteiger partial charge in [-0.15, -0.1) is 0 Å². The number of ether oxygens (including phenoxy) is 1. The molecule has 0 saturated carbocycles. The number of likely N-dealkylation sites (tertiary alicyclic amines) is 1. The largest absolute Gasteiger partial charge is 0.483 e. The van der Waals surface area contributed by atoms with E-state index in [0.717, 1.165) is 31.9 Å². The number of benzene rings is 1. The molecule has 0 N–H and O–H groups in total. The van der Waals surface area contributed by atoms with Crippen LogP contribution in [0.3, 0.4) is 0 Å². The van der Waals surface area contributed by atoms with Gasteiger partial charge in [0.05, 0.1) is 5.56 Å². The smallest absolute Gasteiger partial charge is 0.260 e. The summed E-state index contributed by atoms with van der Waals surface area (Å²) in [4.78, 5) is 25.4. The first-order chi connectivity index (χ1) is 9.99. The van der Waals surface area contributed by atoms with Crippen LogP contribution in [0.15, 0.2) is 18.2 Å². The summed E-state index contributed by atoms with van der Waals surface area (Å²) in [7, 11) is 0. The number of Topliss-reactive ketones (excluding diaryl/α,β-unsaturated/α-hetero) is 1. The Morgan fingerprint density at radius 1 is 1.38 bits per heavy atom. The molecule has 0 aliphatic carbocycles. The van der Waals surface area contributed by atoms with Crippen LogP contribution in [0.1, 0.15) is 43.5 Å². The van der Waals surface area contributed by atoms with E-state index >= 15 is 0 Å². The molecule has 0 spiro atoms. The molecule has 1 heterocycles. The lowest BCUT2D eigenvalue weighted by molar-refractivity contribution is -0.136. The van der Waals surface area contributed by atoms with Crippen LogP contribution in [0.4, 0.5) is 4.39 Å². The standard InChI is InChI=1S/C16H20FNO3/c1-11-5-3-4-8-18(11)16(20)10-21-15-9-13(17)6-7-14(15)12(2)19/h6-7,9,11H,3-5,8,10H2,1-2H3/t11-/m0/s1. The molecule has 1 amide bonds. The van der Waals surface area contributed by atoms with Crippen molar-refractivity contribution in [2.75, 3.05) is 13.2 Å². The molecule has 1 aromatic carbocycles. The molecule has 0 unspecified atom stereocenters. The molecular formula is C16H20FNO3. The topological polar surface area (TPSA) is 46.6 Å². The molecule has 0 radical (unpaired) electrons. The summed E-state index contributed by atoms with van der Waals surface area (Å²) in [6.45, 7) is 3.95. The monoisotopic (exact) mass is 293 g/mol. The van der Waals surface area contributed by atoms with E-state index in [1.165, 1.54) is 19.1 Å². The summed E-state index contributed by atoms with van der Waals surface area (Å²) < 4.78 is 18.7. The van der Waals surface area contributed by atoms with Crippen LogP contribution < -0.4 is 4.74 Å². The fourth-order valence-corrected chi connectivity index (χ4v) is 2.60. The van der Waals surface area contributed by atoms with Crippen LogP contribution in [0.25, 0.3) is 0 Å². The van der Waals surface area contributed by atoms with Crippen molar-refractivity contribution < 1.29 is 18.7 Å². The van der Waals surface area contributed by atoms with Gasteiger partial charge < -0.3 is 9.64 Å². The maximum absolute atomic E-state index is 13.3. The lowest BCUT2D eigenvalue weighted by Crippen LogP contribution is -2.44. The zero-order chi connectivity index (χ0) is 15.4. The summed E-state index contributed by atoms with van der Waals surface area (Å²) >= 11 is 0. The summed E-state index contributed by atoms with van der Waals surface area (Å²) in [6, 6.07) is 3.93. The summed E-state index contributed by atoms with van der Waals surface area (Å²) in [6.07, 6.45) is 3.11. The second kappa shape index (κ2) is 6.70. The van der Waals surface area contributed by atoms with E-state index in [-0.39, 0.29) is 35.7 Å². The van der Waals surface area contributed by atoms with Crippen LogP contribution in [0, 0.1) is 5.82 Å². The molecule has 1 atom stereocenters. The number of piperidine rings is 1. The minimum atomic E-state index is -0.492. The summed E-state index contributed by atoms with van der Waals surface area (Å²) in [5.74, 6) is -0.709. The highest BCUT2D eigenvalue weighted by Gasteiger charge is 2.23. The Labute approximate surface area is 123 Å². The number of nitrogens with zero attached hydrogens (tertiary/aromatic N) is 1.